The minimum atomic E-state index is -0.803. The number of hydrogen-bond acceptors (Lipinski definition) is 2. The minimum absolute atomic E-state index is 0.0618. The Bertz CT molecular complexity index is 934. The van der Waals surface area contributed by atoms with E-state index in [1.54, 1.807) is 0 Å². The van der Waals surface area contributed by atoms with Gasteiger partial charge in [-0.25, -0.2) is 0 Å². The molecule has 29 heavy (non-hydrogen) atoms. The Morgan fingerprint density at radius 2 is 1.62 bits per heavy atom. The second-order valence-corrected chi connectivity index (χ2v) is 7.74. The largest absolute Gasteiger partial charge is 0.481 e. The van der Waals surface area contributed by atoms with Gasteiger partial charge in [0.05, 0.1) is 6.42 Å². The predicted octanol–water partition coefficient (Wildman–Crippen LogP) is 6.04. The molecule has 3 aromatic rings. The third kappa shape index (κ3) is 6.21. The van der Waals surface area contributed by atoms with Crippen molar-refractivity contribution in [3.05, 3.63) is 107 Å². The Hall–Kier alpha value is -3.07. The van der Waals surface area contributed by atoms with Crippen LogP contribution in [0.25, 0.3) is 0 Å². The lowest BCUT2D eigenvalue weighted by Crippen LogP contribution is -2.05. The first-order valence-corrected chi connectivity index (χ1v) is 10.1. The first-order chi connectivity index (χ1) is 14.0. The van der Waals surface area contributed by atoms with Gasteiger partial charge in [-0.05, 0) is 34.7 Å². The van der Waals surface area contributed by atoms with Gasteiger partial charge in [0.2, 0.25) is 0 Å². The van der Waals surface area contributed by atoms with Crippen LogP contribution in [0.5, 0.6) is 0 Å². The second-order valence-electron chi connectivity index (χ2n) is 7.74. The first kappa shape index (κ1) is 20.7. The van der Waals surface area contributed by atoms with Crippen molar-refractivity contribution >= 4 is 5.97 Å². The molecule has 0 aliphatic rings. The predicted molar refractivity (Wildman–Crippen MR) is 116 cm³/mol. The molecule has 2 aromatic carbocycles. The summed E-state index contributed by atoms with van der Waals surface area (Å²) in [5, 5.41) is 8.92. The van der Waals surface area contributed by atoms with Crippen molar-refractivity contribution < 1.29 is 14.3 Å². The molecule has 150 valence electrons. The van der Waals surface area contributed by atoms with Gasteiger partial charge in [-0.3, -0.25) is 4.79 Å². The van der Waals surface area contributed by atoms with E-state index < -0.39 is 5.97 Å². The van der Waals surface area contributed by atoms with Crippen molar-refractivity contribution in [1.82, 2.24) is 0 Å². The zero-order valence-electron chi connectivity index (χ0n) is 17.0. The Morgan fingerprint density at radius 3 is 2.28 bits per heavy atom. The van der Waals surface area contributed by atoms with Crippen LogP contribution in [-0.4, -0.2) is 11.1 Å². The normalized spacial score (nSPS) is 12.5. The van der Waals surface area contributed by atoms with E-state index >= 15 is 0 Å². The fraction of sp³-hybridized carbons (Fsp3) is 0.269. The smallest absolute Gasteiger partial charge is 0.307 e. The van der Waals surface area contributed by atoms with E-state index in [1.165, 1.54) is 11.1 Å². The second kappa shape index (κ2) is 9.92. The number of allylic oxidation sites excluding steroid dienone is 2. The van der Waals surface area contributed by atoms with E-state index in [1.807, 2.05) is 48.5 Å². The number of carbonyl (C=O) groups is 1. The summed E-state index contributed by atoms with van der Waals surface area (Å²) in [5.74, 6) is 1.87. The summed E-state index contributed by atoms with van der Waals surface area (Å²) in [6, 6.07) is 22.3. The number of furan rings is 1. The maximum atomic E-state index is 10.9. The zero-order chi connectivity index (χ0) is 20.6. The molecule has 0 aliphatic carbocycles. The van der Waals surface area contributed by atoms with Gasteiger partial charge in [0.15, 0.2) is 0 Å². The van der Waals surface area contributed by atoms with Gasteiger partial charge in [-0.2, -0.15) is 0 Å². The first-order valence-electron chi connectivity index (χ1n) is 10.1. The lowest BCUT2D eigenvalue weighted by atomic mass is 9.87. The lowest BCUT2D eigenvalue weighted by molar-refractivity contribution is -0.136. The van der Waals surface area contributed by atoms with Crippen LogP contribution in [0.3, 0.4) is 0 Å². The number of carboxylic acid groups (broad SMARTS) is 1. The third-order valence-electron chi connectivity index (χ3n) is 5.04. The molecule has 1 aromatic heterocycles. The van der Waals surface area contributed by atoms with Crippen LogP contribution in [0.2, 0.25) is 0 Å². The maximum Gasteiger partial charge on any atom is 0.307 e. The standard InChI is InChI=1S/C26H28O3/c1-19(2)25(22-13-11-21(12-14-22)18-26(27)28)10-6-9-23-15-16-24(29-23)17-20-7-4-3-5-8-20/h3-8,10-16,19,25H,9,17-18H2,1-2H3,(H,27,28). The molecule has 1 unspecified atom stereocenters. The van der Waals surface area contributed by atoms with Gasteiger partial charge in [0.25, 0.3) is 0 Å². The summed E-state index contributed by atoms with van der Waals surface area (Å²) >= 11 is 0. The summed E-state index contributed by atoms with van der Waals surface area (Å²) in [6.45, 7) is 4.40. The van der Waals surface area contributed by atoms with Gasteiger partial charge in [0.1, 0.15) is 11.5 Å². The fourth-order valence-electron chi connectivity index (χ4n) is 3.51. The summed E-state index contributed by atoms with van der Waals surface area (Å²) in [4.78, 5) is 10.9. The van der Waals surface area contributed by atoms with Crippen LogP contribution in [0, 0.1) is 5.92 Å². The van der Waals surface area contributed by atoms with Gasteiger partial charge >= 0.3 is 5.97 Å². The molecular formula is C26H28O3. The molecule has 0 radical (unpaired) electrons. The van der Waals surface area contributed by atoms with Gasteiger partial charge in [-0.1, -0.05) is 80.6 Å². The Balaban J connectivity index is 1.62. The molecule has 0 spiro atoms. The SMILES string of the molecule is CC(C)C(C=CCc1ccc(Cc2ccccc2)o1)c1ccc(CC(=O)O)cc1. The molecular weight excluding hydrogens is 360 g/mol. The van der Waals surface area contributed by atoms with Crippen molar-refractivity contribution in [1.29, 1.82) is 0 Å². The molecule has 1 heterocycles. The topological polar surface area (TPSA) is 50.4 Å². The molecule has 0 fully saturated rings. The van der Waals surface area contributed by atoms with E-state index in [0.717, 1.165) is 29.9 Å². The molecule has 0 saturated heterocycles. The Labute approximate surface area is 172 Å². The summed E-state index contributed by atoms with van der Waals surface area (Å²) in [6.07, 6.45) is 6.03. The quantitative estimate of drug-likeness (QED) is 0.455. The van der Waals surface area contributed by atoms with Crippen LogP contribution >= 0.6 is 0 Å². The van der Waals surface area contributed by atoms with Gasteiger partial charge in [0, 0.05) is 18.8 Å². The van der Waals surface area contributed by atoms with Gasteiger partial charge in [-0.15, -0.1) is 0 Å². The van der Waals surface area contributed by atoms with Crippen LogP contribution in [-0.2, 0) is 24.1 Å². The highest BCUT2D eigenvalue weighted by atomic mass is 16.4. The Morgan fingerprint density at radius 1 is 0.931 bits per heavy atom. The minimum Gasteiger partial charge on any atom is -0.481 e. The summed E-state index contributed by atoms with van der Waals surface area (Å²) in [5.41, 5.74) is 3.28. The number of benzene rings is 2. The van der Waals surface area contributed by atoms with E-state index in [9.17, 15) is 4.79 Å². The van der Waals surface area contributed by atoms with Crippen molar-refractivity contribution in [2.24, 2.45) is 5.92 Å². The van der Waals surface area contributed by atoms with Crippen molar-refractivity contribution in [3.8, 4) is 0 Å². The van der Waals surface area contributed by atoms with Crippen molar-refractivity contribution in [2.45, 2.75) is 39.0 Å². The molecule has 1 N–H and O–H groups in total. The molecule has 0 bridgehead atoms. The summed E-state index contributed by atoms with van der Waals surface area (Å²) in [7, 11) is 0. The highest BCUT2D eigenvalue weighted by molar-refractivity contribution is 5.70. The maximum absolute atomic E-state index is 10.9. The van der Waals surface area contributed by atoms with Gasteiger partial charge < -0.3 is 9.52 Å². The number of rotatable bonds is 9. The molecule has 3 nitrogen and oxygen atoms in total. The van der Waals surface area contributed by atoms with E-state index in [4.69, 9.17) is 9.52 Å². The zero-order valence-corrected chi connectivity index (χ0v) is 17.0. The average Bonchev–Trinajstić information content (AvgIpc) is 3.13. The van der Waals surface area contributed by atoms with E-state index in [0.29, 0.717) is 5.92 Å². The van der Waals surface area contributed by atoms with Crippen LogP contribution < -0.4 is 0 Å². The molecule has 0 amide bonds. The fourth-order valence-corrected chi connectivity index (χ4v) is 3.51. The molecule has 3 rings (SSSR count). The highest BCUT2D eigenvalue weighted by Gasteiger charge is 2.13. The number of carboxylic acids is 1. The highest BCUT2D eigenvalue weighted by Crippen LogP contribution is 2.26. The molecule has 1 atom stereocenters. The van der Waals surface area contributed by atoms with E-state index in [2.05, 4.69) is 44.2 Å². The number of aliphatic carboxylic acids is 1. The van der Waals surface area contributed by atoms with Crippen molar-refractivity contribution in [2.75, 3.05) is 0 Å². The Kier molecular flexibility index (Phi) is 7.07. The monoisotopic (exact) mass is 388 g/mol. The van der Waals surface area contributed by atoms with Crippen molar-refractivity contribution in [3.63, 3.8) is 0 Å². The third-order valence-corrected chi connectivity index (χ3v) is 5.04. The van der Waals surface area contributed by atoms with E-state index in [-0.39, 0.29) is 12.3 Å². The average molecular weight is 389 g/mol. The van der Waals surface area contributed by atoms with Crippen LogP contribution in [0.4, 0.5) is 0 Å². The summed E-state index contributed by atoms with van der Waals surface area (Å²) < 4.78 is 5.98. The molecule has 0 saturated carbocycles. The van der Waals surface area contributed by atoms with Crippen LogP contribution in [0.15, 0.2) is 83.3 Å². The molecule has 0 aliphatic heterocycles. The lowest BCUT2D eigenvalue weighted by Gasteiger charge is -2.18. The van der Waals surface area contributed by atoms with Crippen LogP contribution in [0.1, 0.15) is 48.0 Å². The number of hydrogen-bond donors (Lipinski definition) is 1. The molecule has 3 heteroatoms.